The molecule has 4 heteroatoms. The molecular formula is C16H27N3S. The van der Waals surface area contributed by atoms with E-state index in [-0.39, 0.29) is 0 Å². The molecule has 0 bridgehead atoms. The summed E-state index contributed by atoms with van der Waals surface area (Å²) < 4.78 is 0. The molecule has 2 unspecified atom stereocenters. The first-order chi connectivity index (χ1) is 9.56. The Morgan fingerprint density at radius 3 is 2.70 bits per heavy atom. The van der Waals surface area contributed by atoms with Crippen molar-refractivity contribution in [3.05, 3.63) is 24.0 Å². The maximum atomic E-state index is 4.34. The third-order valence-corrected chi connectivity index (χ3v) is 4.74. The summed E-state index contributed by atoms with van der Waals surface area (Å²) in [5, 5.41) is 4.92. The van der Waals surface area contributed by atoms with Gasteiger partial charge in [0.25, 0.3) is 0 Å². The summed E-state index contributed by atoms with van der Waals surface area (Å²) in [7, 11) is 0. The van der Waals surface area contributed by atoms with Crippen molar-refractivity contribution in [1.82, 2.24) is 10.3 Å². The van der Waals surface area contributed by atoms with Gasteiger partial charge in [0.2, 0.25) is 0 Å². The van der Waals surface area contributed by atoms with Crippen LogP contribution in [0.15, 0.2) is 18.5 Å². The molecule has 2 atom stereocenters. The van der Waals surface area contributed by atoms with Crippen LogP contribution >= 0.6 is 11.8 Å². The van der Waals surface area contributed by atoms with E-state index in [0.29, 0.717) is 16.4 Å². The molecule has 1 saturated heterocycles. The zero-order chi connectivity index (χ0) is 14.5. The summed E-state index contributed by atoms with van der Waals surface area (Å²) >= 11 is 2.09. The van der Waals surface area contributed by atoms with Gasteiger partial charge in [-0.25, -0.2) is 0 Å². The Balaban J connectivity index is 2.06. The Hall–Kier alpha value is -0.740. The molecule has 0 spiro atoms. The van der Waals surface area contributed by atoms with Crippen LogP contribution in [0, 0.1) is 5.92 Å². The van der Waals surface area contributed by atoms with Crippen molar-refractivity contribution in [3.63, 3.8) is 0 Å². The molecule has 2 heterocycles. The van der Waals surface area contributed by atoms with Gasteiger partial charge >= 0.3 is 0 Å². The number of nitrogens with one attached hydrogen (secondary N) is 1. The van der Waals surface area contributed by atoms with Crippen molar-refractivity contribution in [2.45, 2.75) is 44.7 Å². The highest BCUT2D eigenvalue weighted by atomic mass is 32.2. The van der Waals surface area contributed by atoms with Gasteiger partial charge in [-0.3, -0.25) is 4.98 Å². The standard InChI is InChI=1S/C16H27N3S/c1-12(2)7-18-8-15-5-6-17-9-16(15)19-10-13(3)20-14(4)11-19/h5-6,9,12-14,18H,7-8,10-11H2,1-4H3. The first kappa shape index (κ1) is 15.6. The summed E-state index contributed by atoms with van der Waals surface area (Å²) in [5.74, 6) is 0.687. The molecule has 0 aliphatic carbocycles. The van der Waals surface area contributed by atoms with Gasteiger partial charge in [0.05, 0.1) is 11.9 Å². The van der Waals surface area contributed by atoms with Crippen molar-refractivity contribution >= 4 is 17.4 Å². The lowest BCUT2D eigenvalue weighted by Gasteiger charge is -2.37. The number of thioether (sulfide) groups is 1. The molecular weight excluding hydrogens is 266 g/mol. The van der Waals surface area contributed by atoms with Crippen LogP contribution in [0.3, 0.4) is 0 Å². The fourth-order valence-corrected chi connectivity index (χ4v) is 4.04. The Morgan fingerprint density at radius 1 is 1.35 bits per heavy atom. The molecule has 0 radical (unpaired) electrons. The normalized spacial score (nSPS) is 23.4. The highest BCUT2D eigenvalue weighted by Gasteiger charge is 2.23. The Bertz CT molecular complexity index is 412. The van der Waals surface area contributed by atoms with Crippen molar-refractivity contribution < 1.29 is 0 Å². The van der Waals surface area contributed by atoms with E-state index in [4.69, 9.17) is 0 Å². The summed E-state index contributed by atoms with van der Waals surface area (Å²) in [4.78, 5) is 6.84. The third-order valence-electron chi connectivity index (χ3n) is 3.52. The zero-order valence-corrected chi connectivity index (χ0v) is 13.9. The Kier molecular flexibility index (Phi) is 5.73. The fourth-order valence-electron chi connectivity index (χ4n) is 2.72. The first-order valence-electron chi connectivity index (χ1n) is 7.60. The molecule has 20 heavy (non-hydrogen) atoms. The molecule has 1 aliphatic heterocycles. The van der Waals surface area contributed by atoms with E-state index in [2.05, 4.69) is 60.7 Å². The van der Waals surface area contributed by atoms with Crippen LogP contribution < -0.4 is 10.2 Å². The highest BCUT2D eigenvalue weighted by molar-refractivity contribution is 8.00. The third kappa shape index (κ3) is 4.38. The van der Waals surface area contributed by atoms with Crippen molar-refractivity contribution in [2.75, 3.05) is 24.5 Å². The summed E-state index contributed by atoms with van der Waals surface area (Å²) in [6.45, 7) is 13.4. The van der Waals surface area contributed by atoms with Gasteiger partial charge in [-0.2, -0.15) is 11.8 Å². The number of anilines is 1. The van der Waals surface area contributed by atoms with Gasteiger partial charge in [-0.05, 0) is 24.1 Å². The number of aromatic nitrogens is 1. The van der Waals surface area contributed by atoms with Crippen LogP contribution in [0.5, 0.6) is 0 Å². The second-order valence-corrected chi connectivity index (χ2v) is 8.07. The molecule has 1 aromatic rings. The van der Waals surface area contributed by atoms with Crippen LogP contribution in [0.4, 0.5) is 5.69 Å². The average Bonchev–Trinajstić information content (AvgIpc) is 2.37. The Labute approximate surface area is 127 Å². The number of hydrogen-bond donors (Lipinski definition) is 1. The second kappa shape index (κ2) is 7.32. The van der Waals surface area contributed by atoms with E-state index in [1.54, 1.807) is 0 Å². The van der Waals surface area contributed by atoms with Crippen LogP contribution in [0.25, 0.3) is 0 Å². The Morgan fingerprint density at radius 2 is 2.05 bits per heavy atom. The number of hydrogen-bond acceptors (Lipinski definition) is 4. The molecule has 0 amide bonds. The molecule has 0 aromatic carbocycles. The van der Waals surface area contributed by atoms with Gasteiger partial charge in [0, 0.05) is 36.3 Å². The van der Waals surface area contributed by atoms with Crippen molar-refractivity contribution in [3.8, 4) is 0 Å². The molecule has 1 N–H and O–H groups in total. The van der Waals surface area contributed by atoms with Crippen LogP contribution in [-0.4, -0.2) is 35.1 Å². The first-order valence-corrected chi connectivity index (χ1v) is 8.54. The summed E-state index contributed by atoms with van der Waals surface area (Å²) in [6.07, 6.45) is 3.93. The topological polar surface area (TPSA) is 28.2 Å². The van der Waals surface area contributed by atoms with Crippen LogP contribution in [-0.2, 0) is 6.54 Å². The maximum Gasteiger partial charge on any atom is 0.0599 e. The lowest BCUT2D eigenvalue weighted by Crippen LogP contribution is -2.41. The van der Waals surface area contributed by atoms with Crippen molar-refractivity contribution in [1.29, 1.82) is 0 Å². The quantitative estimate of drug-likeness (QED) is 0.902. The lowest BCUT2D eigenvalue weighted by molar-refractivity contribution is 0.551. The SMILES string of the molecule is CC(C)CNCc1ccncc1N1CC(C)SC(C)C1. The predicted molar refractivity (Wildman–Crippen MR) is 89.5 cm³/mol. The minimum atomic E-state index is 0.687. The van der Waals surface area contributed by atoms with Gasteiger partial charge in [-0.1, -0.05) is 27.7 Å². The molecule has 1 aliphatic rings. The van der Waals surface area contributed by atoms with E-state index >= 15 is 0 Å². The predicted octanol–water partition coefficient (Wildman–Crippen LogP) is 3.16. The van der Waals surface area contributed by atoms with E-state index in [1.807, 2.05) is 12.4 Å². The zero-order valence-electron chi connectivity index (χ0n) is 13.1. The smallest absolute Gasteiger partial charge is 0.0599 e. The van der Waals surface area contributed by atoms with Gasteiger partial charge in [-0.15, -0.1) is 0 Å². The van der Waals surface area contributed by atoms with E-state index in [9.17, 15) is 0 Å². The van der Waals surface area contributed by atoms with Gasteiger partial charge in [0.15, 0.2) is 0 Å². The number of pyridine rings is 1. The number of nitrogens with zero attached hydrogens (tertiary/aromatic N) is 2. The number of rotatable bonds is 5. The molecule has 1 aromatic heterocycles. The van der Waals surface area contributed by atoms with Gasteiger partial charge < -0.3 is 10.2 Å². The average molecular weight is 293 g/mol. The largest absolute Gasteiger partial charge is 0.368 e. The molecule has 112 valence electrons. The maximum absolute atomic E-state index is 4.34. The monoisotopic (exact) mass is 293 g/mol. The fraction of sp³-hybridized carbons (Fsp3) is 0.688. The van der Waals surface area contributed by atoms with Gasteiger partial charge in [0.1, 0.15) is 0 Å². The van der Waals surface area contributed by atoms with E-state index < -0.39 is 0 Å². The highest BCUT2D eigenvalue weighted by Crippen LogP contribution is 2.29. The molecule has 0 saturated carbocycles. The van der Waals surface area contributed by atoms with Crippen LogP contribution in [0.1, 0.15) is 33.3 Å². The van der Waals surface area contributed by atoms with Crippen molar-refractivity contribution in [2.24, 2.45) is 5.92 Å². The summed E-state index contributed by atoms with van der Waals surface area (Å²) in [5.41, 5.74) is 2.68. The lowest BCUT2D eigenvalue weighted by atomic mass is 10.1. The molecule has 3 nitrogen and oxygen atoms in total. The summed E-state index contributed by atoms with van der Waals surface area (Å²) in [6, 6.07) is 2.15. The minimum Gasteiger partial charge on any atom is -0.368 e. The molecule has 2 rings (SSSR count). The van der Waals surface area contributed by atoms with E-state index in [0.717, 1.165) is 26.2 Å². The van der Waals surface area contributed by atoms with E-state index in [1.165, 1.54) is 11.3 Å². The van der Waals surface area contributed by atoms with Crippen LogP contribution in [0.2, 0.25) is 0 Å². The molecule has 1 fully saturated rings. The minimum absolute atomic E-state index is 0.687. The second-order valence-electron chi connectivity index (χ2n) is 6.19.